The third-order valence-electron chi connectivity index (χ3n) is 3.71. The van der Waals surface area contributed by atoms with Crippen LogP contribution in [0.5, 0.6) is 11.5 Å². The van der Waals surface area contributed by atoms with Gasteiger partial charge in [-0.3, -0.25) is 9.10 Å². The van der Waals surface area contributed by atoms with Gasteiger partial charge in [0.05, 0.1) is 36.4 Å². The van der Waals surface area contributed by atoms with Crippen molar-refractivity contribution in [3.8, 4) is 11.5 Å². The summed E-state index contributed by atoms with van der Waals surface area (Å²) in [5.41, 5.74) is 0.00855. The maximum atomic E-state index is 13.5. The summed E-state index contributed by atoms with van der Waals surface area (Å²) < 4.78 is 55.9. The van der Waals surface area contributed by atoms with Gasteiger partial charge in [-0.05, 0) is 37.3 Å². The van der Waals surface area contributed by atoms with Crippen molar-refractivity contribution in [1.82, 2.24) is 0 Å². The fraction of sp³-hybridized carbons (Fsp3) is 0.278. The molecule has 2 rings (SSSR count). The summed E-state index contributed by atoms with van der Waals surface area (Å²) in [7, 11) is -1.46. The van der Waals surface area contributed by atoms with Crippen LogP contribution < -0.4 is 13.8 Å². The molecule has 2 aromatic rings. The van der Waals surface area contributed by atoms with Crippen LogP contribution in [0.1, 0.15) is 6.92 Å². The maximum Gasteiger partial charge on any atom is 0.326 e. The van der Waals surface area contributed by atoms with E-state index in [-0.39, 0.29) is 28.0 Å². The molecule has 0 aliphatic carbocycles. The van der Waals surface area contributed by atoms with Crippen LogP contribution in [0.15, 0.2) is 41.3 Å². The first kappa shape index (κ1) is 21.8. The van der Waals surface area contributed by atoms with E-state index in [0.717, 1.165) is 16.4 Å². The number of nitrogens with zero attached hydrogens (tertiary/aromatic N) is 1. The monoisotopic (exact) mass is 431 g/mol. The summed E-state index contributed by atoms with van der Waals surface area (Å²) >= 11 is 5.79. The van der Waals surface area contributed by atoms with Gasteiger partial charge in [0.25, 0.3) is 10.0 Å². The van der Waals surface area contributed by atoms with Crippen LogP contribution >= 0.6 is 11.6 Å². The highest BCUT2D eigenvalue weighted by molar-refractivity contribution is 7.92. The number of hydrogen-bond donors (Lipinski definition) is 0. The molecule has 0 aliphatic heterocycles. The number of halogens is 2. The van der Waals surface area contributed by atoms with Crippen molar-refractivity contribution in [2.24, 2.45) is 0 Å². The molecule has 0 fully saturated rings. The lowest BCUT2D eigenvalue weighted by Gasteiger charge is -2.24. The summed E-state index contributed by atoms with van der Waals surface area (Å²) in [5.74, 6) is -0.961. The SMILES string of the molecule is CCOC(=O)CN(c1ccc(F)c(Cl)c1)S(=O)(=O)c1ccc(OC)c(OC)c1. The van der Waals surface area contributed by atoms with Gasteiger partial charge >= 0.3 is 5.97 Å². The fourth-order valence-electron chi connectivity index (χ4n) is 2.38. The fourth-order valence-corrected chi connectivity index (χ4v) is 3.98. The molecule has 0 atom stereocenters. The number of carbonyl (C=O) groups is 1. The van der Waals surface area contributed by atoms with Crippen molar-refractivity contribution < 1.29 is 31.8 Å². The molecule has 0 spiro atoms. The Morgan fingerprint density at radius 2 is 1.79 bits per heavy atom. The van der Waals surface area contributed by atoms with Crippen molar-refractivity contribution >= 4 is 33.3 Å². The van der Waals surface area contributed by atoms with Gasteiger partial charge < -0.3 is 14.2 Å². The van der Waals surface area contributed by atoms with E-state index in [9.17, 15) is 17.6 Å². The standard InChI is InChI=1S/C18H19ClFNO6S/c1-4-27-18(22)11-21(12-5-7-15(20)14(19)9-12)28(23,24)13-6-8-16(25-2)17(10-13)26-3/h5-10H,4,11H2,1-3H3. The van der Waals surface area contributed by atoms with E-state index in [0.29, 0.717) is 5.75 Å². The molecule has 0 amide bonds. The molecule has 10 heteroatoms. The second-order valence-corrected chi connectivity index (χ2v) is 7.70. The van der Waals surface area contributed by atoms with Crippen LogP contribution in [0, 0.1) is 5.82 Å². The minimum atomic E-state index is -4.24. The molecular formula is C18H19ClFNO6S. The van der Waals surface area contributed by atoms with Gasteiger partial charge in [-0.25, -0.2) is 12.8 Å². The predicted octanol–water partition coefficient (Wildman–Crippen LogP) is 3.25. The lowest BCUT2D eigenvalue weighted by Crippen LogP contribution is -2.36. The maximum absolute atomic E-state index is 13.5. The van der Waals surface area contributed by atoms with Gasteiger partial charge in [-0.1, -0.05) is 11.6 Å². The number of rotatable bonds is 8. The Bertz CT molecular complexity index is 967. The van der Waals surface area contributed by atoms with Crippen molar-refractivity contribution in [3.63, 3.8) is 0 Å². The molecule has 0 saturated carbocycles. The highest BCUT2D eigenvalue weighted by atomic mass is 35.5. The van der Waals surface area contributed by atoms with Gasteiger partial charge in [-0.2, -0.15) is 0 Å². The van der Waals surface area contributed by atoms with E-state index in [2.05, 4.69) is 0 Å². The largest absolute Gasteiger partial charge is 0.493 e. The first-order valence-electron chi connectivity index (χ1n) is 8.10. The number of benzene rings is 2. The summed E-state index contributed by atoms with van der Waals surface area (Å²) in [6.07, 6.45) is 0. The average molecular weight is 432 g/mol. The molecule has 0 aromatic heterocycles. The van der Waals surface area contributed by atoms with Gasteiger partial charge in [-0.15, -0.1) is 0 Å². The third-order valence-corrected chi connectivity index (χ3v) is 5.77. The number of sulfonamides is 1. The van der Waals surface area contributed by atoms with Gasteiger partial charge in [0.1, 0.15) is 12.4 Å². The summed E-state index contributed by atoms with van der Waals surface area (Å²) in [6.45, 7) is 1.06. The number of ether oxygens (including phenoxy) is 3. The van der Waals surface area contributed by atoms with Crippen molar-refractivity contribution in [2.75, 3.05) is 31.7 Å². The van der Waals surface area contributed by atoms with Gasteiger partial charge in [0, 0.05) is 6.07 Å². The summed E-state index contributed by atoms with van der Waals surface area (Å²) in [5, 5.41) is -0.283. The average Bonchev–Trinajstić information content (AvgIpc) is 2.67. The molecule has 0 unspecified atom stereocenters. The van der Waals surface area contributed by atoms with Crippen LogP contribution in [-0.2, 0) is 19.6 Å². The molecule has 0 heterocycles. The van der Waals surface area contributed by atoms with Crippen LogP contribution in [-0.4, -0.2) is 41.8 Å². The Balaban J connectivity index is 2.57. The Morgan fingerprint density at radius 1 is 1.11 bits per heavy atom. The smallest absolute Gasteiger partial charge is 0.326 e. The Hall–Kier alpha value is -2.52. The lowest BCUT2D eigenvalue weighted by atomic mass is 10.3. The van der Waals surface area contributed by atoms with E-state index >= 15 is 0 Å². The molecule has 0 saturated heterocycles. The summed E-state index contributed by atoms with van der Waals surface area (Å²) in [4.78, 5) is 11.8. The molecule has 152 valence electrons. The lowest BCUT2D eigenvalue weighted by molar-refractivity contribution is -0.141. The zero-order valence-electron chi connectivity index (χ0n) is 15.4. The number of hydrogen-bond acceptors (Lipinski definition) is 6. The van der Waals surface area contributed by atoms with E-state index in [1.165, 1.54) is 38.5 Å². The Kier molecular flexibility index (Phi) is 7.09. The number of methoxy groups -OCH3 is 2. The van der Waals surface area contributed by atoms with Crippen LogP contribution in [0.25, 0.3) is 0 Å². The zero-order valence-corrected chi connectivity index (χ0v) is 17.0. The highest BCUT2D eigenvalue weighted by Gasteiger charge is 2.29. The quantitative estimate of drug-likeness (QED) is 0.597. The second kappa shape index (κ2) is 9.11. The van der Waals surface area contributed by atoms with Crippen LogP contribution in [0.2, 0.25) is 5.02 Å². The zero-order chi connectivity index (χ0) is 20.9. The third kappa shape index (κ3) is 4.66. The van der Waals surface area contributed by atoms with Gasteiger partial charge in [0.2, 0.25) is 0 Å². The number of esters is 1. The molecule has 28 heavy (non-hydrogen) atoms. The van der Waals surface area contributed by atoms with E-state index in [4.69, 9.17) is 25.8 Å². The van der Waals surface area contributed by atoms with Crippen molar-refractivity contribution in [3.05, 3.63) is 47.2 Å². The Morgan fingerprint density at radius 3 is 2.36 bits per heavy atom. The highest BCUT2D eigenvalue weighted by Crippen LogP contribution is 2.33. The van der Waals surface area contributed by atoms with Crippen LogP contribution in [0.4, 0.5) is 10.1 Å². The van der Waals surface area contributed by atoms with Crippen LogP contribution in [0.3, 0.4) is 0 Å². The molecule has 0 radical (unpaired) electrons. The first-order chi connectivity index (χ1) is 13.2. The molecule has 2 aromatic carbocycles. The predicted molar refractivity (Wildman–Crippen MR) is 102 cm³/mol. The summed E-state index contributed by atoms with van der Waals surface area (Å²) in [6, 6.07) is 7.33. The van der Waals surface area contributed by atoms with Crippen molar-refractivity contribution in [2.45, 2.75) is 11.8 Å². The van der Waals surface area contributed by atoms with E-state index < -0.39 is 28.4 Å². The topological polar surface area (TPSA) is 82.1 Å². The first-order valence-corrected chi connectivity index (χ1v) is 9.91. The minimum absolute atomic E-state index is 0.00855. The van der Waals surface area contributed by atoms with E-state index in [1.54, 1.807) is 6.92 Å². The molecule has 0 aliphatic rings. The second-order valence-electron chi connectivity index (χ2n) is 5.43. The Labute approximate surface area is 167 Å². The van der Waals surface area contributed by atoms with Gasteiger partial charge in [0.15, 0.2) is 11.5 Å². The van der Waals surface area contributed by atoms with E-state index in [1.807, 2.05) is 0 Å². The molecular weight excluding hydrogens is 413 g/mol. The molecule has 0 bridgehead atoms. The molecule has 7 nitrogen and oxygen atoms in total. The number of carbonyl (C=O) groups excluding carboxylic acids is 1. The normalized spacial score (nSPS) is 11.0. The minimum Gasteiger partial charge on any atom is -0.493 e. The molecule has 0 N–H and O–H groups in total. The van der Waals surface area contributed by atoms with Crippen molar-refractivity contribution in [1.29, 1.82) is 0 Å². The number of anilines is 1.